The van der Waals surface area contributed by atoms with Crippen LogP contribution in [0.15, 0.2) is 12.5 Å². The molecule has 0 radical (unpaired) electrons. The second-order valence-electron chi connectivity index (χ2n) is 7.02. The lowest BCUT2D eigenvalue weighted by Crippen LogP contribution is -2.58. The van der Waals surface area contributed by atoms with E-state index in [0.717, 1.165) is 0 Å². The molecule has 0 aromatic carbocycles. The van der Waals surface area contributed by atoms with Crippen molar-refractivity contribution >= 4 is 35.5 Å². The molecule has 0 spiro atoms. The van der Waals surface area contributed by atoms with E-state index >= 15 is 0 Å². The number of carboxylic acid groups (broad SMARTS) is 1. The van der Waals surface area contributed by atoms with Crippen molar-refractivity contribution in [1.82, 2.24) is 25.9 Å². The van der Waals surface area contributed by atoms with Crippen molar-refractivity contribution < 1.29 is 29.4 Å². The first-order valence-corrected chi connectivity index (χ1v) is 11.0. The van der Waals surface area contributed by atoms with Crippen molar-refractivity contribution in [3.8, 4) is 0 Å². The van der Waals surface area contributed by atoms with E-state index in [1.54, 1.807) is 0 Å². The van der Waals surface area contributed by atoms with Gasteiger partial charge in [-0.3, -0.25) is 19.2 Å². The van der Waals surface area contributed by atoms with E-state index in [4.69, 9.17) is 10.8 Å². The molecule has 0 fully saturated rings. The molecule has 31 heavy (non-hydrogen) atoms. The van der Waals surface area contributed by atoms with Crippen LogP contribution >= 0.6 is 11.8 Å². The third-order valence-electron chi connectivity index (χ3n) is 4.41. The van der Waals surface area contributed by atoms with Crippen LogP contribution in [-0.2, 0) is 25.6 Å². The Morgan fingerprint density at radius 1 is 1.13 bits per heavy atom. The molecule has 1 heterocycles. The molecule has 5 atom stereocenters. The first-order chi connectivity index (χ1) is 14.6. The Kier molecular flexibility index (Phi) is 11.0. The number of hydrogen-bond acceptors (Lipinski definition) is 8. The minimum atomic E-state index is -1.25. The van der Waals surface area contributed by atoms with Crippen LogP contribution in [0, 0.1) is 0 Å². The van der Waals surface area contributed by atoms with Crippen LogP contribution < -0.4 is 21.7 Å². The molecule has 12 nitrogen and oxygen atoms in total. The maximum absolute atomic E-state index is 12.9. The average molecular weight is 459 g/mol. The van der Waals surface area contributed by atoms with Gasteiger partial charge < -0.3 is 36.9 Å². The van der Waals surface area contributed by atoms with Crippen molar-refractivity contribution in [3.63, 3.8) is 0 Å². The molecular weight excluding hydrogens is 428 g/mol. The summed E-state index contributed by atoms with van der Waals surface area (Å²) in [5, 5.41) is 25.9. The van der Waals surface area contributed by atoms with Gasteiger partial charge in [0, 0.05) is 18.3 Å². The van der Waals surface area contributed by atoms with Gasteiger partial charge in [0.15, 0.2) is 0 Å². The average Bonchev–Trinajstić information content (AvgIpc) is 3.22. The number of rotatable bonds is 13. The Morgan fingerprint density at radius 3 is 2.26 bits per heavy atom. The standard InChI is InChI=1S/C18H30N6O6S/c1-9(18(29)30)22-15(26)12(4-5-31-3)23-16(27)13(6-11-7-20-8-21-11)24-17(28)14(19)10(2)25/h7-10,12-14,25H,4-6,19H2,1-3H3,(H,20,21)(H,22,26)(H,23,27)(H,24,28)(H,29,30). The van der Waals surface area contributed by atoms with Crippen molar-refractivity contribution in [1.29, 1.82) is 0 Å². The number of H-pyrrole nitrogens is 1. The van der Waals surface area contributed by atoms with Crippen LogP contribution in [0.2, 0.25) is 0 Å². The lowest BCUT2D eigenvalue weighted by Gasteiger charge is -2.25. The lowest BCUT2D eigenvalue weighted by molar-refractivity contribution is -0.141. The number of amides is 3. The molecule has 13 heteroatoms. The first kappa shape index (κ1) is 26.4. The zero-order chi connectivity index (χ0) is 23.6. The molecule has 3 amide bonds. The highest BCUT2D eigenvalue weighted by Gasteiger charge is 2.30. The zero-order valence-corrected chi connectivity index (χ0v) is 18.4. The number of carbonyl (C=O) groups excluding carboxylic acids is 3. The van der Waals surface area contributed by atoms with Gasteiger partial charge in [-0.15, -0.1) is 0 Å². The maximum atomic E-state index is 12.9. The topological polar surface area (TPSA) is 200 Å². The first-order valence-electron chi connectivity index (χ1n) is 9.60. The monoisotopic (exact) mass is 458 g/mol. The molecule has 0 saturated heterocycles. The summed E-state index contributed by atoms with van der Waals surface area (Å²) < 4.78 is 0. The molecule has 1 aromatic rings. The number of aromatic nitrogens is 2. The highest BCUT2D eigenvalue weighted by Crippen LogP contribution is 2.05. The van der Waals surface area contributed by atoms with Gasteiger partial charge in [0.2, 0.25) is 17.7 Å². The van der Waals surface area contributed by atoms with E-state index in [0.29, 0.717) is 11.4 Å². The summed E-state index contributed by atoms with van der Waals surface area (Å²) >= 11 is 1.45. The fourth-order valence-electron chi connectivity index (χ4n) is 2.47. The van der Waals surface area contributed by atoms with Gasteiger partial charge in [-0.25, -0.2) is 4.98 Å². The summed E-state index contributed by atoms with van der Waals surface area (Å²) in [6, 6.07) is -4.50. The third kappa shape index (κ3) is 8.94. The van der Waals surface area contributed by atoms with Crippen LogP contribution in [0.5, 0.6) is 0 Å². The Balaban J connectivity index is 2.97. The summed E-state index contributed by atoms with van der Waals surface area (Å²) in [7, 11) is 0. The number of aliphatic carboxylic acids is 1. The van der Waals surface area contributed by atoms with Crippen molar-refractivity contribution in [2.24, 2.45) is 5.73 Å². The minimum absolute atomic E-state index is 0.0342. The normalized spacial score (nSPS) is 15.8. The van der Waals surface area contributed by atoms with Gasteiger partial charge in [-0.2, -0.15) is 11.8 Å². The number of carboxylic acids is 1. The second-order valence-corrected chi connectivity index (χ2v) is 8.01. The smallest absolute Gasteiger partial charge is 0.325 e. The van der Waals surface area contributed by atoms with E-state index in [-0.39, 0.29) is 12.8 Å². The maximum Gasteiger partial charge on any atom is 0.325 e. The zero-order valence-electron chi connectivity index (χ0n) is 17.6. The second kappa shape index (κ2) is 12.9. The lowest BCUT2D eigenvalue weighted by atomic mass is 10.1. The van der Waals surface area contributed by atoms with Crippen molar-refractivity contribution in [3.05, 3.63) is 18.2 Å². The highest BCUT2D eigenvalue weighted by atomic mass is 32.2. The molecule has 1 aromatic heterocycles. The molecule has 0 aliphatic carbocycles. The molecular formula is C18H30N6O6S. The van der Waals surface area contributed by atoms with Crippen molar-refractivity contribution in [2.75, 3.05) is 12.0 Å². The third-order valence-corrected chi connectivity index (χ3v) is 5.05. The molecule has 0 bridgehead atoms. The van der Waals surface area contributed by atoms with E-state index < -0.39 is 54.0 Å². The summed E-state index contributed by atoms with van der Waals surface area (Å²) in [4.78, 5) is 55.4. The molecule has 0 aliphatic heterocycles. The summed E-state index contributed by atoms with van der Waals surface area (Å²) in [6.07, 6.45) is 3.88. The number of hydrogen-bond donors (Lipinski definition) is 7. The van der Waals surface area contributed by atoms with Crippen LogP contribution in [0.1, 0.15) is 26.0 Å². The molecule has 0 saturated carbocycles. The number of aromatic amines is 1. The quantitative estimate of drug-likeness (QED) is 0.174. The van der Waals surface area contributed by atoms with Crippen molar-refractivity contribution in [2.45, 2.75) is 57.0 Å². The van der Waals surface area contributed by atoms with Gasteiger partial charge in [0.25, 0.3) is 0 Å². The molecule has 8 N–H and O–H groups in total. The predicted octanol–water partition coefficient (Wildman–Crippen LogP) is -2.03. The Morgan fingerprint density at radius 2 is 1.74 bits per heavy atom. The van der Waals surface area contributed by atoms with Gasteiger partial charge in [-0.05, 0) is 32.3 Å². The Hall–Kier alpha value is -2.64. The molecule has 1 rings (SSSR count). The highest BCUT2D eigenvalue weighted by molar-refractivity contribution is 7.98. The Bertz CT molecular complexity index is 744. The van der Waals surface area contributed by atoms with E-state index in [1.807, 2.05) is 6.26 Å². The number of nitrogens with one attached hydrogen (secondary N) is 4. The van der Waals surface area contributed by atoms with Crippen LogP contribution in [-0.4, -0.2) is 86.2 Å². The fourth-order valence-corrected chi connectivity index (χ4v) is 2.94. The molecule has 0 aliphatic rings. The van der Waals surface area contributed by atoms with Crippen LogP contribution in [0.25, 0.3) is 0 Å². The largest absolute Gasteiger partial charge is 0.480 e. The van der Waals surface area contributed by atoms with Gasteiger partial charge in [0.05, 0.1) is 12.4 Å². The SMILES string of the molecule is CSCCC(NC(=O)C(Cc1cnc[nH]1)NC(=O)C(N)C(C)O)C(=O)NC(C)C(=O)O. The van der Waals surface area contributed by atoms with E-state index in [1.165, 1.54) is 38.1 Å². The van der Waals surface area contributed by atoms with Crippen LogP contribution in [0.3, 0.4) is 0 Å². The number of thioether (sulfide) groups is 1. The summed E-state index contributed by atoms with van der Waals surface area (Å²) in [5.41, 5.74) is 6.20. The number of nitrogens with two attached hydrogens (primary N) is 1. The molecule has 174 valence electrons. The summed E-state index contributed by atoms with van der Waals surface area (Å²) in [5.74, 6) is -2.72. The number of nitrogens with zero attached hydrogens (tertiary/aromatic N) is 1. The van der Waals surface area contributed by atoms with E-state index in [9.17, 15) is 24.3 Å². The van der Waals surface area contributed by atoms with E-state index in [2.05, 4.69) is 25.9 Å². The Labute approximate surface area is 184 Å². The van der Waals surface area contributed by atoms with Gasteiger partial charge in [0.1, 0.15) is 24.2 Å². The minimum Gasteiger partial charge on any atom is -0.480 e. The van der Waals surface area contributed by atoms with Gasteiger partial charge in [-0.1, -0.05) is 0 Å². The summed E-state index contributed by atoms with van der Waals surface area (Å²) in [6.45, 7) is 2.66. The predicted molar refractivity (Wildman–Crippen MR) is 114 cm³/mol. The van der Waals surface area contributed by atoms with Crippen LogP contribution in [0.4, 0.5) is 0 Å². The van der Waals surface area contributed by atoms with Gasteiger partial charge >= 0.3 is 5.97 Å². The number of aliphatic hydroxyl groups is 1. The number of imidazole rings is 1. The molecule has 5 unspecified atom stereocenters. The number of carbonyl (C=O) groups is 4. The number of aliphatic hydroxyl groups excluding tert-OH is 1. The fraction of sp³-hybridized carbons (Fsp3) is 0.611.